The first kappa shape index (κ1) is 12.2. The maximum absolute atomic E-state index is 11.3. The Bertz CT molecular complexity index is 373. The third-order valence-corrected chi connectivity index (χ3v) is 2.03. The summed E-state index contributed by atoms with van der Waals surface area (Å²) in [6.07, 6.45) is 1.95. The van der Waals surface area contributed by atoms with Gasteiger partial charge in [0, 0.05) is 6.42 Å². The molecular weight excluding hydrogens is 208 g/mol. The predicted molar refractivity (Wildman–Crippen MR) is 59.4 cm³/mol. The van der Waals surface area contributed by atoms with Crippen molar-refractivity contribution in [2.45, 2.75) is 13.3 Å². The number of nitrogens with zero attached hydrogens (tertiary/aromatic N) is 1. The number of methoxy groups -OCH3 is 1. The van der Waals surface area contributed by atoms with Crippen LogP contribution in [-0.2, 0) is 9.53 Å². The minimum Gasteiger partial charge on any atom is -0.468 e. The highest BCUT2D eigenvalue weighted by atomic mass is 16.5. The normalized spacial score (nSPS) is 9.62. The van der Waals surface area contributed by atoms with Gasteiger partial charge in [0.15, 0.2) is 5.78 Å². The Kier molecular flexibility index (Phi) is 4.44. The van der Waals surface area contributed by atoms with Crippen molar-refractivity contribution in [3.05, 3.63) is 24.0 Å². The fraction of sp³-hybridized carbons (Fsp3) is 0.364. The van der Waals surface area contributed by atoms with Gasteiger partial charge in [0.2, 0.25) is 0 Å². The second-order valence-corrected chi connectivity index (χ2v) is 3.14. The summed E-state index contributed by atoms with van der Waals surface area (Å²) >= 11 is 0. The average molecular weight is 222 g/mol. The van der Waals surface area contributed by atoms with Crippen LogP contribution in [0.4, 0.5) is 5.69 Å². The first-order valence-corrected chi connectivity index (χ1v) is 4.97. The molecule has 0 aliphatic carbocycles. The lowest BCUT2D eigenvalue weighted by molar-refractivity contribution is -0.138. The first-order chi connectivity index (χ1) is 7.67. The number of ketones is 1. The topological polar surface area (TPSA) is 68.3 Å². The molecule has 0 saturated carbocycles. The number of nitrogens with one attached hydrogen (secondary N) is 1. The summed E-state index contributed by atoms with van der Waals surface area (Å²) < 4.78 is 4.48. The molecule has 5 heteroatoms. The van der Waals surface area contributed by atoms with Gasteiger partial charge >= 0.3 is 5.97 Å². The van der Waals surface area contributed by atoms with Gasteiger partial charge in [-0.15, -0.1) is 0 Å². The summed E-state index contributed by atoms with van der Waals surface area (Å²) in [6, 6.07) is 3.34. The number of anilines is 1. The van der Waals surface area contributed by atoms with Crippen molar-refractivity contribution < 1.29 is 14.3 Å². The minimum atomic E-state index is -0.353. The first-order valence-electron chi connectivity index (χ1n) is 4.97. The lowest BCUT2D eigenvalue weighted by atomic mass is 10.2. The van der Waals surface area contributed by atoms with Gasteiger partial charge < -0.3 is 10.1 Å². The largest absolute Gasteiger partial charge is 0.468 e. The van der Waals surface area contributed by atoms with Crippen LogP contribution in [0.3, 0.4) is 0 Å². The number of Topliss-reactive ketones (excluding diaryl/α,β-unsaturated/α-hetero) is 1. The zero-order valence-electron chi connectivity index (χ0n) is 9.32. The van der Waals surface area contributed by atoms with Gasteiger partial charge in [0.25, 0.3) is 0 Å². The van der Waals surface area contributed by atoms with E-state index in [1.165, 1.54) is 13.3 Å². The van der Waals surface area contributed by atoms with Gasteiger partial charge in [-0.2, -0.15) is 0 Å². The molecule has 0 bridgehead atoms. The zero-order valence-corrected chi connectivity index (χ0v) is 9.32. The maximum atomic E-state index is 11.3. The fourth-order valence-corrected chi connectivity index (χ4v) is 1.09. The van der Waals surface area contributed by atoms with Crippen molar-refractivity contribution in [2.75, 3.05) is 19.0 Å². The van der Waals surface area contributed by atoms with E-state index in [0.717, 1.165) is 0 Å². The molecule has 1 N–H and O–H groups in total. The molecule has 1 aromatic rings. The summed E-state index contributed by atoms with van der Waals surface area (Å²) in [5, 5.41) is 2.83. The van der Waals surface area contributed by atoms with E-state index in [1.807, 2.05) is 0 Å². The molecule has 1 rings (SSSR count). The highest BCUT2D eigenvalue weighted by Gasteiger charge is 2.04. The van der Waals surface area contributed by atoms with E-state index >= 15 is 0 Å². The van der Waals surface area contributed by atoms with Crippen molar-refractivity contribution in [3.63, 3.8) is 0 Å². The summed E-state index contributed by atoms with van der Waals surface area (Å²) in [4.78, 5) is 26.1. The lowest BCUT2D eigenvalue weighted by Gasteiger charge is -2.04. The molecule has 16 heavy (non-hydrogen) atoms. The van der Waals surface area contributed by atoms with Crippen LogP contribution in [-0.4, -0.2) is 30.4 Å². The van der Waals surface area contributed by atoms with Crippen LogP contribution in [0.1, 0.15) is 23.8 Å². The second kappa shape index (κ2) is 5.85. The van der Waals surface area contributed by atoms with E-state index in [4.69, 9.17) is 0 Å². The van der Waals surface area contributed by atoms with Crippen molar-refractivity contribution in [1.29, 1.82) is 0 Å². The van der Waals surface area contributed by atoms with Gasteiger partial charge in [-0.3, -0.25) is 14.6 Å². The fourth-order valence-electron chi connectivity index (χ4n) is 1.09. The summed E-state index contributed by atoms with van der Waals surface area (Å²) in [5.41, 5.74) is 1.11. The van der Waals surface area contributed by atoms with E-state index in [2.05, 4.69) is 15.0 Å². The van der Waals surface area contributed by atoms with E-state index in [-0.39, 0.29) is 18.3 Å². The van der Waals surface area contributed by atoms with Crippen LogP contribution in [0.25, 0.3) is 0 Å². The van der Waals surface area contributed by atoms with Gasteiger partial charge in [0.05, 0.1) is 19.0 Å². The molecule has 0 atom stereocenters. The highest BCUT2D eigenvalue weighted by Crippen LogP contribution is 2.07. The molecule has 0 aromatic carbocycles. The van der Waals surface area contributed by atoms with Crippen molar-refractivity contribution in [3.8, 4) is 0 Å². The van der Waals surface area contributed by atoms with Crippen LogP contribution < -0.4 is 5.32 Å². The number of carbonyl (C=O) groups is 2. The number of hydrogen-bond donors (Lipinski definition) is 1. The number of rotatable bonds is 5. The predicted octanol–water partition coefficient (Wildman–Crippen LogP) is 1.26. The van der Waals surface area contributed by atoms with Crippen LogP contribution in [0, 0.1) is 0 Å². The Morgan fingerprint density at radius 2 is 2.19 bits per heavy atom. The molecule has 0 amide bonds. The molecule has 5 nitrogen and oxygen atoms in total. The summed E-state index contributed by atoms with van der Waals surface area (Å²) in [5.74, 6) is -0.353. The monoisotopic (exact) mass is 222 g/mol. The van der Waals surface area contributed by atoms with Gasteiger partial charge in [-0.1, -0.05) is 6.92 Å². The quantitative estimate of drug-likeness (QED) is 0.600. The Hall–Kier alpha value is -1.91. The molecule has 1 heterocycles. The number of hydrogen-bond acceptors (Lipinski definition) is 5. The van der Waals surface area contributed by atoms with Crippen molar-refractivity contribution >= 4 is 17.4 Å². The molecule has 1 aromatic heterocycles. The zero-order chi connectivity index (χ0) is 12.0. The standard InChI is InChI=1S/C11H14N2O3/c1-3-10(14)9-5-4-8(6-13-9)12-7-11(15)16-2/h4-6,12H,3,7H2,1-2H3. The number of aromatic nitrogens is 1. The van der Waals surface area contributed by atoms with Gasteiger partial charge in [0.1, 0.15) is 12.2 Å². The Morgan fingerprint density at radius 3 is 2.69 bits per heavy atom. The van der Waals surface area contributed by atoms with Crippen LogP contribution in [0.2, 0.25) is 0 Å². The molecule has 0 spiro atoms. The van der Waals surface area contributed by atoms with E-state index in [0.29, 0.717) is 17.8 Å². The smallest absolute Gasteiger partial charge is 0.325 e. The SMILES string of the molecule is CCC(=O)c1ccc(NCC(=O)OC)cn1. The van der Waals surface area contributed by atoms with Gasteiger partial charge in [-0.05, 0) is 12.1 Å². The molecule has 0 aliphatic rings. The molecule has 0 aliphatic heterocycles. The van der Waals surface area contributed by atoms with E-state index in [1.54, 1.807) is 19.1 Å². The van der Waals surface area contributed by atoms with E-state index in [9.17, 15) is 9.59 Å². The Morgan fingerprint density at radius 1 is 1.44 bits per heavy atom. The maximum Gasteiger partial charge on any atom is 0.325 e. The number of carbonyl (C=O) groups excluding carboxylic acids is 2. The van der Waals surface area contributed by atoms with Crippen molar-refractivity contribution in [2.24, 2.45) is 0 Å². The van der Waals surface area contributed by atoms with E-state index < -0.39 is 0 Å². The molecule has 0 saturated heterocycles. The Labute approximate surface area is 93.8 Å². The third-order valence-electron chi connectivity index (χ3n) is 2.03. The van der Waals surface area contributed by atoms with Crippen LogP contribution in [0.15, 0.2) is 18.3 Å². The number of ether oxygens (including phenoxy) is 1. The molecule has 0 unspecified atom stereocenters. The molecule has 86 valence electrons. The third kappa shape index (κ3) is 3.34. The lowest BCUT2D eigenvalue weighted by Crippen LogP contribution is -2.15. The highest BCUT2D eigenvalue weighted by molar-refractivity contribution is 5.94. The minimum absolute atomic E-state index is 0.000446. The average Bonchev–Trinajstić information content (AvgIpc) is 2.35. The summed E-state index contributed by atoms with van der Waals surface area (Å²) in [6.45, 7) is 1.87. The van der Waals surface area contributed by atoms with Crippen LogP contribution in [0.5, 0.6) is 0 Å². The summed E-state index contributed by atoms with van der Waals surface area (Å²) in [7, 11) is 1.32. The molecule has 0 fully saturated rings. The number of pyridine rings is 1. The van der Waals surface area contributed by atoms with Crippen molar-refractivity contribution in [1.82, 2.24) is 4.98 Å². The Balaban J connectivity index is 2.58. The molecular formula is C11H14N2O3. The van der Waals surface area contributed by atoms with Crippen LogP contribution >= 0.6 is 0 Å². The van der Waals surface area contributed by atoms with Gasteiger partial charge in [-0.25, -0.2) is 0 Å². The molecule has 0 radical (unpaired) electrons. The number of esters is 1. The second-order valence-electron chi connectivity index (χ2n) is 3.14.